The molecule has 0 saturated carbocycles. The van der Waals surface area contributed by atoms with Gasteiger partial charge in [-0.05, 0) is 36.8 Å². The Balaban J connectivity index is 1.59. The minimum Gasteiger partial charge on any atom is -0.325 e. The number of nitrogens with zero attached hydrogens (tertiary/aromatic N) is 4. The quantitative estimate of drug-likeness (QED) is 0.540. The fourth-order valence-electron chi connectivity index (χ4n) is 3.17. The van der Waals surface area contributed by atoms with E-state index >= 15 is 0 Å². The van der Waals surface area contributed by atoms with Gasteiger partial charge in [0, 0.05) is 5.69 Å². The normalized spacial score (nSPS) is 11.6. The smallest absolute Gasteiger partial charge is 0.325 e. The van der Waals surface area contributed by atoms with Gasteiger partial charge in [-0.25, -0.2) is 9.67 Å². The van der Waals surface area contributed by atoms with Crippen molar-refractivity contribution in [2.24, 2.45) is 0 Å². The zero-order chi connectivity index (χ0) is 22.2. The second-order valence-electron chi connectivity index (χ2n) is 6.88. The van der Waals surface area contributed by atoms with E-state index in [1.54, 1.807) is 4.68 Å². The van der Waals surface area contributed by atoms with Crippen molar-refractivity contribution in [2.45, 2.75) is 19.6 Å². The Bertz CT molecular complexity index is 1340. The first-order chi connectivity index (χ1) is 14.7. The molecule has 31 heavy (non-hydrogen) atoms. The first-order valence-corrected chi connectivity index (χ1v) is 9.20. The molecule has 0 spiro atoms. The number of para-hydroxylation sites is 1. The van der Waals surface area contributed by atoms with E-state index in [9.17, 15) is 22.8 Å². The van der Waals surface area contributed by atoms with Gasteiger partial charge in [-0.15, -0.1) is 0 Å². The predicted molar refractivity (Wildman–Crippen MR) is 108 cm³/mol. The van der Waals surface area contributed by atoms with Crippen molar-refractivity contribution in [3.05, 3.63) is 82.5 Å². The number of alkyl halides is 3. The van der Waals surface area contributed by atoms with Crippen LogP contribution in [0, 0.1) is 6.92 Å². The lowest BCUT2D eigenvalue weighted by Gasteiger charge is -2.11. The highest BCUT2D eigenvalue weighted by Crippen LogP contribution is 2.30. The first-order valence-electron chi connectivity index (χ1n) is 9.20. The van der Waals surface area contributed by atoms with Crippen LogP contribution >= 0.6 is 0 Å². The number of fused-ring (bicyclic) bond motifs is 1. The zero-order valence-corrected chi connectivity index (χ0v) is 16.2. The van der Waals surface area contributed by atoms with Crippen LogP contribution in [0.4, 0.5) is 18.9 Å². The summed E-state index contributed by atoms with van der Waals surface area (Å²) in [5.41, 5.74) is 0.671. The highest BCUT2D eigenvalue weighted by Gasteiger charge is 2.30. The summed E-state index contributed by atoms with van der Waals surface area (Å²) in [6, 6.07) is 11.7. The van der Waals surface area contributed by atoms with E-state index in [2.05, 4.69) is 15.4 Å². The van der Waals surface area contributed by atoms with Gasteiger partial charge >= 0.3 is 6.18 Å². The van der Waals surface area contributed by atoms with Crippen molar-refractivity contribution < 1.29 is 18.0 Å². The van der Waals surface area contributed by atoms with Gasteiger partial charge in [-0.1, -0.05) is 24.3 Å². The topological polar surface area (TPSA) is 81.8 Å². The highest BCUT2D eigenvalue weighted by atomic mass is 19.4. The van der Waals surface area contributed by atoms with Crippen LogP contribution in [0.15, 0.2) is 65.8 Å². The molecule has 1 amide bonds. The van der Waals surface area contributed by atoms with Gasteiger partial charge in [-0.2, -0.15) is 18.3 Å². The van der Waals surface area contributed by atoms with Crippen LogP contribution in [0.1, 0.15) is 11.1 Å². The third kappa shape index (κ3) is 4.04. The standard InChI is InChI=1S/C21H16F3N5O2/c1-13-5-2-3-8-17(13)29-19-16(10-26-29)20(31)28(12-25-19)11-18(30)27-15-7-4-6-14(9-15)21(22,23)24/h2-10,12H,11H2,1H3,(H,27,30). The van der Waals surface area contributed by atoms with Crippen LogP contribution in [0.2, 0.25) is 0 Å². The number of carbonyl (C=O) groups excluding carboxylic acids is 1. The molecule has 2 aromatic heterocycles. The van der Waals surface area contributed by atoms with Gasteiger partial charge in [0.05, 0.1) is 17.4 Å². The van der Waals surface area contributed by atoms with Gasteiger partial charge in [0.2, 0.25) is 5.91 Å². The number of hydrogen-bond donors (Lipinski definition) is 1. The van der Waals surface area contributed by atoms with E-state index in [1.807, 2.05) is 31.2 Å². The lowest BCUT2D eigenvalue weighted by molar-refractivity contribution is -0.137. The Morgan fingerprint density at radius 1 is 1.13 bits per heavy atom. The van der Waals surface area contributed by atoms with E-state index in [1.165, 1.54) is 24.7 Å². The fraction of sp³-hybridized carbons (Fsp3) is 0.143. The van der Waals surface area contributed by atoms with E-state index in [0.29, 0.717) is 5.65 Å². The van der Waals surface area contributed by atoms with Crippen LogP contribution in [-0.2, 0) is 17.5 Å². The molecule has 158 valence electrons. The van der Waals surface area contributed by atoms with Crippen LogP contribution in [0.5, 0.6) is 0 Å². The number of nitrogens with one attached hydrogen (secondary N) is 1. The minimum atomic E-state index is -4.52. The molecule has 0 radical (unpaired) electrons. The summed E-state index contributed by atoms with van der Waals surface area (Å²) in [5, 5.41) is 6.83. The van der Waals surface area contributed by atoms with Gasteiger partial charge in [0.25, 0.3) is 5.56 Å². The number of aromatic nitrogens is 4. The molecular weight excluding hydrogens is 411 g/mol. The summed E-state index contributed by atoms with van der Waals surface area (Å²) in [6.45, 7) is 1.50. The monoisotopic (exact) mass is 427 g/mol. The molecule has 0 aliphatic heterocycles. The Labute approximate surface area is 173 Å². The van der Waals surface area contributed by atoms with Crippen molar-refractivity contribution in [1.29, 1.82) is 0 Å². The third-order valence-electron chi connectivity index (χ3n) is 4.69. The molecule has 2 aromatic carbocycles. The molecule has 4 rings (SSSR count). The molecule has 0 aliphatic carbocycles. The summed E-state index contributed by atoms with van der Waals surface area (Å²) in [6.07, 6.45) is -1.94. The highest BCUT2D eigenvalue weighted by molar-refractivity contribution is 5.90. The summed E-state index contributed by atoms with van der Waals surface area (Å²) in [7, 11) is 0. The van der Waals surface area contributed by atoms with Crippen molar-refractivity contribution in [3.8, 4) is 5.69 Å². The lowest BCUT2D eigenvalue weighted by Crippen LogP contribution is -2.28. The summed E-state index contributed by atoms with van der Waals surface area (Å²) in [5.74, 6) is -0.658. The Kier molecular flexibility index (Phi) is 5.05. The molecule has 4 aromatic rings. The van der Waals surface area contributed by atoms with E-state index in [4.69, 9.17) is 0 Å². The van der Waals surface area contributed by atoms with E-state index < -0.39 is 29.8 Å². The number of hydrogen-bond acceptors (Lipinski definition) is 4. The Hall–Kier alpha value is -3.95. The average Bonchev–Trinajstić information content (AvgIpc) is 3.15. The molecule has 1 N–H and O–H groups in total. The largest absolute Gasteiger partial charge is 0.416 e. The van der Waals surface area contributed by atoms with E-state index in [-0.39, 0.29) is 11.1 Å². The summed E-state index contributed by atoms with van der Waals surface area (Å²) in [4.78, 5) is 29.3. The minimum absolute atomic E-state index is 0.0192. The third-order valence-corrected chi connectivity index (χ3v) is 4.69. The Morgan fingerprint density at radius 2 is 1.90 bits per heavy atom. The van der Waals surface area contributed by atoms with Gasteiger partial charge in [0.15, 0.2) is 5.65 Å². The molecule has 0 saturated heterocycles. The number of anilines is 1. The van der Waals surface area contributed by atoms with Crippen LogP contribution in [-0.4, -0.2) is 25.2 Å². The zero-order valence-electron chi connectivity index (χ0n) is 16.2. The van der Waals surface area contributed by atoms with Crippen molar-refractivity contribution in [2.75, 3.05) is 5.32 Å². The molecule has 0 fully saturated rings. The number of rotatable bonds is 4. The molecule has 10 heteroatoms. The van der Waals surface area contributed by atoms with Crippen molar-refractivity contribution >= 4 is 22.6 Å². The number of halogens is 3. The summed E-state index contributed by atoms with van der Waals surface area (Å²) >= 11 is 0. The summed E-state index contributed by atoms with van der Waals surface area (Å²) < 4.78 is 41.1. The molecule has 0 unspecified atom stereocenters. The SMILES string of the molecule is Cc1ccccc1-n1ncc2c(=O)n(CC(=O)Nc3cccc(C(F)(F)F)c3)cnc21. The number of carbonyl (C=O) groups is 1. The number of benzene rings is 2. The van der Waals surface area contributed by atoms with Gasteiger partial charge < -0.3 is 5.32 Å². The molecule has 0 bridgehead atoms. The maximum Gasteiger partial charge on any atom is 0.416 e. The fourth-order valence-corrected chi connectivity index (χ4v) is 3.17. The van der Waals surface area contributed by atoms with Crippen LogP contribution in [0.3, 0.4) is 0 Å². The maximum atomic E-state index is 12.8. The molecule has 7 nitrogen and oxygen atoms in total. The molecule has 2 heterocycles. The first kappa shape index (κ1) is 20.3. The van der Waals surface area contributed by atoms with Gasteiger partial charge in [0.1, 0.15) is 18.3 Å². The van der Waals surface area contributed by atoms with Crippen molar-refractivity contribution in [1.82, 2.24) is 19.3 Å². The predicted octanol–water partition coefficient (Wildman–Crippen LogP) is 3.55. The lowest BCUT2D eigenvalue weighted by atomic mass is 10.2. The average molecular weight is 427 g/mol. The van der Waals surface area contributed by atoms with Crippen LogP contribution < -0.4 is 10.9 Å². The number of amides is 1. The second kappa shape index (κ2) is 7.71. The van der Waals surface area contributed by atoms with E-state index in [0.717, 1.165) is 28.0 Å². The molecule has 0 aliphatic rings. The molecular formula is C21H16F3N5O2. The van der Waals surface area contributed by atoms with Crippen LogP contribution in [0.25, 0.3) is 16.7 Å². The van der Waals surface area contributed by atoms with Gasteiger partial charge in [-0.3, -0.25) is 14.2 Å². The maximum absolute atomic E-state index is 12.8. The Morgan fingerprint density at radius 3 is 2.65 bits per heavy atom. The number of aryl methyl sites for hydroxylation is 1. The second-order valence-corrected chi connectivity index (χ2v) is 6.88. The molecule has 0 atom stereocenters. The van der Waals surface area contributed by atoms with Crippen molar-refractivity contribution in [3.63, 3.8) is 0 Å².